The third-order valence-corrected chi connectivity index (χ3v) is 22.0. The van der Waals surface area contributed by atoms with Gasteiger partial charge in [-0.3, -0.25) is 0 Å². The van der Waals surface area contributed by atoms with Gasteiger partial charge in [-0.05, 0) is 271 Å². The van der Waals surface area contributed by atoms with Crippen molar-refractivity contribution < 1.29 is 86.9 Å². The fraction of sp³-hybridized carbons (Fsp3) is 0.539. The summed E-state index contributed by atoms with van der Waals surface area (Å²) in [5.41, 5.74) is 9.21. The summed E-state index contributed by atoms with van der Waals surface area (Å²) < 4.78 is 149. The van der Waals surface area contributed by atoms with E-state index in [0.29, 0.717) is 116 Å². The predicted molar refractivity (Wildman–Crippen MR) is 502 cm³/mol. The number of aryl methyl sites for hydroxylation is 1. The lowest BCUT2D eigenvalue weighted by Crippen LogP contribution is -2.41. The van der Waals surface area contributed by atoms with E-state index in [-0.39, 0.29) is 106 Å². The number of hydrogen-bond donors (Lipinski definition) is 3. The summed E-state index contributed by atoms with van der Waals surface area (Å²) in [6.07, 6.45) is 7.36. The van der Waals surface area contributed by atoms with Crippen molar-refractivity contribution in [1.29, 1.82) is 0 Å². The molecule has 4 saturated heterocycles. The third-order valence-electron chi connectivity index (χ3n) is 20.4. The maximum Gasteiger partial charge on any atom is 0.490 e. The van der Waals surface area contributed by atoms with E-state index in [1.54, 1.807) is 72.0 Å². The zero-order chi connectivity index (χ0) is 97.4. The van der Waals surface area contributed by atoms with E-state index >= 15 is 0 Å². The summed E-state index contributed by atoms with van der Waals surface area (Å²) in [6.45, 7) is 36.7. The number of nitrogen functional groups attached to an aromatic ring is 1. The molecule has 0 saturated carbocycles. The second kappa shape index (κ2) is 45.3. The molecule has 14 rings (SSSR count). The highest BCUT2D eigenvalue weighted by Crippen LogP contribution is 2.42. The average Bonchev–Trinajstić information content (AvgIpc) is 1.62. The van der Waals surface area contributed by atoms with Crippen LogP contribution in [0.1, 0.15) is 184 Å². The lowest BCUT2D eigenvalue weighted by molar-refractivity contribution is -0.141. The highest BCUT2D eigenvalue weighted by atomic mass is 127. The molecule has 0 spiro atoms. The number of carbonyl (C=O) groups is 4. The Hall–Kier alpha value is -8.44. The van der Waals surface area contributed by atoms with E-state index in [4.69, 9.17) is 92.0 Å². The normalized spacial score (nSPS) is 18.5. The van der Waals surface area contributed by atoms with Crippen molar-refractivity contribution in [2.45, 2.75) is 220 Å². The Kier molecular flexibility index (Phi) is 37.3. The minimum absolute atomic E-state index is 0.00694. The Morgan fingerprint density at radius 2 is 0.878 bits per heavy atom. The molecular weight excluding hydrogens is 1940 g/mol. The molecule has 0 unspecified atom stereocenters. The number of anilines is 5. The molecule has 718 valence electrons. The lowest BCUT2D eigenvalue weighted by Gasteiger charge is -2.32. The van der Waals surface area contributed by atoms with Gasteiger partial charge in [0.25, 0.3) is 17.8 Å². The molecule has 6 aromatic heterocycles. The van der Waals surface area contributed by atoms with Gasteiger partial charge in [0.1, 0.15) is 77.1 Å². The number of alkyl halides is 9. The molecule has 14 heterocycles. The molecule has 6 aromatic rings. The minimum atomic E-state index is -4.45. The molecule has 4 fully saturated rings. The van der Waals surface area contributed by atoms with Gasteiger partial charge >= 0.3 is 37.7 Å². The Balaban J connectivity index is 0.000000198. The number of amides is 4. The van der Waals surface area contributed by atoms with Crippen LogP contribution in [0, 0.1) is 10.5 Å². The number of rotatable bonds is 8. The van der Waals surface area contributed by atoms with Gasteiger partial charge in [-0.1, -0.05) is 88.4 Å². The first kappa shape index (κ1) is 108. The van der Waals surface area contributed by atoms with Gasteiger partial charge in [-0.25, -0.2) is 80.4 Å². The van der Waals surface area contributed by atoms with E-state index in [9.17, 15) is 58.7 Å². The second-order valence-electron chi connectivity index (χ2n) is 36.8. The van der Waals surface area contributed by atoms with Gasteiger partial charge in [0.15, 0.2) is 0 Å². The number of hydrogen-bond acceptors (Lipinski definition) is 22. The first-order chi connectivity index (χ1) is 60.5. The molecule has 4 amide bonds. The summed E-state index contributed by atoms with van der Waals surface area (Å²) in [4.78, 5) is 85.7. The number of nitrogens with one attached hydrogen (secondary N) is 2. The monoisotopic (exact) mass is 2050 g/mol. The average molecular weight is 2050 g/mol. The van der Waals surface area contributed by atoms with Gasteiger partial charge in [-0.15, -0.1) is 0 Å². The van der Waals surface area contributed by atoms with Crippen LogP contribution in [-0.4, -0.2) is 229 Å². The van der Waals surface area contributed by atoms with Gasteiger partial charge in [0.05, 0.1) is 30.8 Å². The number of ether oxygens (including phenoxy) is 4. The molecular formula is C89H114BCl5F9IN16O10. The standard InChI is InChI=1S/C25H31F2N5O2.C19H24ClF2N3O2.C16H28BNO4.C15H18Cl2N2O2.C5H2Cl2IN.C5H4F3N3.C4H7F2N/c1-17-5-6-20(28-15-17)29-21-13-19(14-22(30-21)32-12-9-25(26,27)16-32)18-7-10-31(11-8-18)23(33)34-24(2,3)4;1-18(2,3)27-17(26)24-7-4-13(5-8-24)14-10-15(20)23-16(11-14)25-9-6-19(21,22)12-25;1-14(2,3)20-13(19)18-10-8-12(9-11-18)17-21-15(4,5)16(6,7)22-17;1-15(2,3)21-14(20)19-6-4-10(5-7-19)11-8-12(16)18-13(17)9-11;6-4-1-3(8)2-5(7)9-4;6-5(7,8)3-1-2-10-4(9)11-3;5-4(6)1-2-7-3-4/h5-7,13-15H,8-12,16H2,1-4H3,(H,28,29,30);4,10-11H,5-9,12H2,1-3H3;8H,9-11H2,1-7H3;4,8-9H,5-7H2,1-3H3;1-2H;1-2H,(H2,9,10,11);7H,1-3H2. The first-order valence-electron chi connectivity index (χ1n) is 42.3. The summed E-state index contributed by atoms with van der Waals surface area (Å²) in [5, 5.41) is 7.64. The smallest absolute Gasteiger partial charge is 0.444 e. The topological polar surface area (TPSA) is 283 Å². The highest BCUT2D eigenvalue weighted by molar-refractivity contribution is 14.1. The molecule has 131 heavy (non-hydrogen) atoms. The van der Waals surface area contributed by atoms with E-state index in [2.05, 4.69) is 68.1 Å². The number of carbonyl (C=O) groups excluding carboxylic acids is 4. The maximum absolute atomic E-state index is 13.9. The van der Waals surface area contributed by atoms with Gasteiger partial charge in [0, 0.05) is 107 Å². The van der Waals surface area contributed by atoms with Crippen LogP contribution in [0.25, 0.3) is 16.7 Å². The molecule has 0 aliphatic carbocycles. The van der Waals surface area contributed by atoms with E-state index in [1.807, 2.05) is 166 Å². The van der Waals surface area contributed by atoms with Crippen LogP contribution in [0.2, 0.25) is 25.8 Å². The maximum atomic E-state index is 13.9. The molecule has 4 N–H and O–H groups in total. The molecule has 26 nitrogen and oxygen atoms in total. The van der Waals surface area contributed by atoms with Crippen LogP contribution in [0.15, 0.2) is 109 Å². The second-order valence-corrected chi connectivity index (χ2v) is 40.0. The van der Waals surface area contributed by atoms with Crippen molar-refractivity contribution >= 4 is 158 Å². The number of nitrogens with two attached hydrogens (primary N) is 1. The number of nitrogens with zero attached hydrogens (tertiary/aromatic N) is 13. The predicted octanol–water partition coefficient (Wildman–Crippen LogP) is 22.3. The Labute approximate surface area is 798 Å². The number of aromatic nitrogens is 7. The molecule has 0 bridgehead atoms. The fourth-order valence-electron chi connectivity index (χ4n) is 13.2. The van der Waals surface area contributed by atoms with Crippen molar-refractivity contribution in [3.63, 3.8) is 0 Å². The molecule has 0 aromatic carbocycles. The highest BCUT2D eigenvalue weighted by Gasteiger charge is 2.53. The van der Waals surface area contributed by atoms with Crippen molar-refractivity contribution in [3.8, 4) is 0 Å². The third kappa shape index (κ3) is 36.0. The number of pyridine rings is 5. The summed E-state index contributed by atoms with van der Waals surface area (Å²) >= 11 is 31.2. The van der Waals surface area contributed by atoms with Gasteiger partial charge < -0.3 is 74.0 Å². The Bertz CT molecular complexity index is 4990. The van der Waals surface area contributed by atoms with Crippen LogP contribution in [0.5, 0.6) is 0 Å². The van der Waals surface area contributed by atoms with Crippen LogP contribution in [-0.2, 0) is 34.4 Å². The van der Waals surface area contributed by atoms with Crippen LogP contribution in [0.4, 0.5) is 87.9 Å². The van der Waals surface area contributed by atoms with E-state index in [1.165, 1.54) is 0 Å². The summed E-state index contributed by atoms with van der Waals surface area (Å²) in [6, 6.07) is 18.9. The van der Waals surface area contributed by atoms with Crippen molar-refractivity contribution in [1.82, 2.24) is 59.8 Å². The lowest BCUT2D eigenvalue weighted by atomic mass is 9.75. The molecule has 8 aliphatic rings. The largest absolute Gasteiger partial charge is 0.490 e. The Morgan fingerprint density at radius 3 is 1.19 bits per heavy atom. The van der Waals surface area contributed by atoms with Crippen molar-refractivity contribution in [3.05, 3.63) is 166 Å². The van der Waals surface area contributed by atoms with Crippen molar-refractivity contribution in [2.75, 3.05) is 112 Å². The summed E-state index contributed by atoms with van der Waals surface area (Å²) in [5.74, 6) is -6.08. The van der Waals surface area contributed by atoms with Crippen molar-refractivity contribution in [2.24, 2.45) is 0 Å². The van der Waals surface area contributed by atoms with E-state index in [0.717, 1.165) is 73.1 Å². The zero-order valence-electron chi connectivity index (χ0n) is 76.4. The van der Waals surface area contributed by atoms with Crippen LogP contribution >= 0.6 is 80.6 Å². The Morgan fingerprint density at radius 1 is 0.489 bits per heavy atom. The molecule has 42 heteroatoms. The van der Waals surface area contributed by atoms with Gasteiger partial charge in [0.2, 0.25) is 5.95 Å². The molecule has 0 radical (unpaired) electrons. The molecule has 8 aliphatic heterocycles. The van der Waals surface area contributed by atoms with E-state index < -0.39 is 52.0 Å². The zero-order valence-corrected chi connectivity index (χ0v) is 82.3. The van der Waals surface area contributed by atoms with Crippen LogP contribution < -0.4 is 26.2 Å². The SMILES string of the molecule is CC(C)(C)OC(=O)N1CC=C(B2OC(C)(C)C(C)(C)O2)CC1.CC(C)(C)OC(=O)N1CC=C(c2cc(Cl)nc(Cl)c2)CC1.CC(C)(C)OC(=O)N1CC=C(c2cc(Cl)nc(N3CCC(F)(F)C3)c2)CC1.Cc1ccc(Nc2cc(C3=CCN(C(=O)OC(C)(C)C)CC3)cc(N3CCC(F)(F)C3)n2)nc1.Clc1cc(I)cc(Cl)n1.FC1(F)CCNC1.Nc1nccc(C(F)(F)F)n1. The van der Waals surface area contributed by atoms with Gasteiger partial charge in [-0.2, -0.15) is 13.2 Å². The minimum Gasteiger partial charge on any atom is -0.444 e. The first-order valence-corrected chi connectivity index (χ1v) is 45.3. The fourth-order valence-corrected chi connectivity index (χ4v) is 15.3. The quantitative estimate of drug-likeness (QED) is 0.0419. The van der Waals surface area contributed by atoms with Crippen LogP contribution in [0.3, 0.4) is 0 Å². The summed E-state index contributed by atoms with van der Waals surface area (Å²) in [7, 11) is -0.314. The number of halogens is 15. The molecule has 0 atom stereocenters.